The van der Waals surface area contributed by atoms with Gasteiger partial charge in [0, 0.05) is 31.6 Å². The van der Waals surface area contributed by atoms with Gasteiger partial charge >= 0.3 is 5.97 Å². The van der Waals surface area contributed by atoms with Crippen molar-refractivity contribution < 1.29 is 23.9 Å². The molecular weight excluding hydrogens is 592 g/mol. The van der Waals surface area contributed by atoms with Crippen molar-refractivity contribution in [2.75, 3.05) is 20.2 Å². The van der Waals surface area contributed by atoms with E-state index < -0.39 is 11.6 Å². The Hall–Kier alpha value is -4.66. The van der Waals surface area contributed by atoms with Crippen LogP contribution in [-0.4, -0.2) is 59.8 Å². The van der Waals surface area contributed by atoms with Gasteiger partial charge in [0.15, 0.2) is 0 Å². The number of ether oxygens (including phenoxy) is 2. The third-order valence-electron chi connectivity index (χ3n) is 8.87. The van der Waals surface area contributed by atoms with E-state index >= 15 is 0 Å². The second kappa shape index (κ2) is 15.8. The Morgan fingerprint density at radius 3 is 2.38 bits per heavy atom. The molecule has 248 valence electrons. The highest BCUT2D eigenvalue weighted by atomic mass is 16.6. The number of nitrogens with zero attached hydrogens (tertiary/aromatic N) is 3. The van der Waals surface area contributed by atoms with E-state index in [0.29, 0.717) is 49.4 Å². The van der Waals surface area contributed by atoms with E-state index in [-0.39, 0.29) is 24.8 Å². The molecule has 0 bridgehead atoms. The molecule has 0 atom stereocenters. The average molecular weight is 639 g/mol. The molecule has 1 fully saturated rings. The Morgan fingerprint density at radius 2 is 1.66 bits per heavy atom. The molecule has 1 saturated carbocycles. The number of aliphatic imine (C=N–C) groups is 1. The lowest BCUT2D eigenvalue weighted by Gasteiger charge is -2.32. The quantitative estimate of drug-likeness (QED) is 0.185. The monoisotopic (exact) mass is 638 g/mol. The van der Waals surface area contributed by atoms with E-state index in [2.05, 4.69) is 5.32 Å². The van der Waals surface area contributed by atoms with Gasteiger partial charge in [-0.15, -0.1) is 0 Å². The topological polar surface area (TPSA) is 101 Å². The Morgan fingerprint density at radius 1 is 0.957 bits per heavy atom. The first-order valence-electron chi connectivity index (χ1n) is 16.6. The van der Waals surface area contributed by atoms with E-state index in [0.717, 1.165) is 29.5 Å². The number of benzene rings is 3. The van der Waals surface area contributed by atoms with Crippen LogP contribution >= 0.6 is 0 Å². The zero-order valence-corrected chi connectivity index (χ0v) is 27.7. The van der Waals surface area contributed by atoms with E-state index in [1.165, 1.54) is 19.3 Å². The van der Waals surface area contributed by atoms with Crippen LogP contribution in [-0.2, 0) is 37.7 Å². The number of nitrogens with one attached hydrogen (secondary N) is 1. The number of hydrogen-bond donors (Lipinski definition) is 1. The molecule has 1 heterocycles. The summed E-state index contributed by atoms with van der Waals surface area (Å²) in [6.07, 6.45) is 7.08. The maximum atomic E-state index is 13.3. The Kier molecular flexibility index (Phi) is 11.3. The van der Waals surface area contributed by atoms with Crippen LogP contribution in [0.3, 0.4) is 0 Å². The van der Waals surface area contributed by atoms with Crippen molar-refractivity contribution >= 4 is 29.4 Å². The molecule has 47 heavy (non-hydrogen) atoms. The van der Waals surface area contributed by atoms with Crippen molar-refractivity contribution in [2.45, 2.75) is 83.4 Å². The number of carbonyl (C=O) groups excluding carboxylic acids is 3. The van der Waals surface area contributed by atoms with Gasteiger partial charge in [0.25, 0.3) is 0 Å². The maximum absolute atomic E-state index is 13.3. The third-order valence-corrected chi connectivity index (χ3v) is 8.87. The number of fused-ring (bicyclic) bond motifs is 1. The van der Waals surface area contributed by atoms with E-state index in [4.69, 9.17) is 14.5 Å². The first kappa shape index (κ1) is 33.7. The van der Waals surface area contributed by atoms with Crippen LogP contribution in [0, 0.1) is 0 Å². The van der Waals surface area contributed by atoms with Gasteiger partial charge in [0.05, 0.1) is 18.7 Å². The molecule has 9 nitrogen and oxygen atoms in total. The van der Waals surface area contributed by atoms with Crippen LogP contribution in [0.5, 0.6) is 5.75 Å². The fourth-order valence-electron chi connectivity index (χ4n) is 6.17. The van der Waals surface area contributed by atoms with Crippen molar-refractivity contribution in [3.8, 4) is 5.75 Å². The molecule has 1 N–H and O–H groups in total. The summed E-state index contributed by atoms with van der Waals surface area (Å²) in [6.45, 7) is 4.34. The molecule has 0 saturated heterocycles. The lowest BCUT2D eigenvalue weighted by molar-refractivity contribution is -0.158. The predicted octanol–water partition coefficient (Wildman–Crippen LogP) is 6.28. The Bertz CT molecular complexity index is 1550. The SMILES string of the molecule is CN(C(=O)CCCOc1ccc2c(c1)CN(CC(=O)OC(C)(C)c1ccccc1)C(NC(=O)Cc1ccccc1)=N2)C1CCCCC1. The number of amides is 2. The molecule has 0 aromatic heterocycles. The van der Waals surface area contributed by atoms with Gasteiger partial charge in [-0.25, -0.2) is 4.99 Å². The first-order chi connectivity index (χ1) is 22.7. The second-order valence-electron chi connectivity index (χ2n) is 12.9. The number of carbonyl (C=O) groups is 3. The summed E-state index contributed by atoms with van der Waals surface area (Å²) in [6, 6.07) is 25.0. The van der Waals surface area contributed by atoms with Crippen LogP contribution < -0.4 is 10.1 Å². The fraction of sp³-hybridized carbons (Fsp3) is 0.421. The molecule has 9 heteroatoms. The summed E-state index contributed by atoms with van der Waals surface area (Å²) >= 11 is 0. The van der Waals surface area contributed by atoms with Gasteiger partial charge in [-0.05, 0) is 62.4 Å². The van der Waals surface area contributed by atoms with Crippen LogP contribution in [0.15, 0.2) is 83.9 Å². The highest BCUT2D eigenvalue weighted by Crippen LogP contribution is 2.31. The van der Waals surface area contributed by atoms with Gasteiger partial charge in [0.2, 0.25) is 17.8 Å². The fourth-order valence-corrected chi connectivity index (χ4v) is 6.17. The Balaban J connectivity index is 1.23. The number of esters is 1. The lowest BCUT2D eigenvalue weighted by atomic mass is 9.94. The van der Waals surface area contributed by atoms with Crippen molar-refractivity contribution in [1.29, 1.82) is 0 Å². The van der Waals surface area contributed by atoms with Crippen molar-refractivity contribution in [3.63, 3.8) is 0 Å². The lowest BCUT2D eigenvalue weighted by Crippen LogP contribution is -2.48. The van der Waals surface area contributed by atoms with Gasteiger partial charge < -0.3 is 19.3 Å². The summed E-state index contributed by atoms with van der Waals surface area (Å²) in [5.41, 5.74) is 2.46. The van der Waals surface area contributed by atoms with E-state index in [9.17, 15) is 14.4 Å². The second-order valence-corrected chi connectivity index (χ2v) is 12.9. The molecule has 0 spiro atoms. The van der Waals surface area contributed by atoms with Crippen LogP contribution in [0.25, 0.3) is 0 Å². The molecule has 1 aliphatic heterocycles. The minimum Gasteiger partial charge on any atom is -0.494 e. The van der Waals surface area contributed by atoms with Gasteiger partial charge in [-0.1, -0.05) is 79.9 Å². The molecule has 5 rings (SSSR count). The van der Waals surface area contributed by atoms with Crippen molar-refractivity contribution in [1.82, 2.24) is 15.1 Å². The largest absolute Gasteiger partial charge is 0.494 e. The maximum Gasteiger partial charge on any atom is 0.326 e. The number of hydrogen-bond acceptors (Lipinski definition) is 7. The highest BCUT2D eigenvalue weighted by Gasteiger charge is 2.29. The molecule has 1 aliphatic carbocycles. The average Bonchev–Trinajstić information content (AvgIpc) is 3.07. The van der Waals surface area contributed by atoms with E-state index in [1.807, 2.05) is 105 Å². The van der Waals surface area contributed by atoms with Crippen LogP contribution in [0.2, 0.25) is 0 Å². The summed E-state index contributed by atoms with van der Waals surface area (Å²) in [4.78, 5) is 47.4. The predicted molar refractivity (Wildman–Crippen MR) is 182 cm³/mol. The molecule has 2 aliphatic rings. The summed E-state index contributed by atoms with van der Waals surface area (Å²) in [5, 5.41) is 2.92. The third kappa shape index (κ3) is 9.44. The van der Waals surface area contributed by atoms with Gasteiger partial charge in [0.1, 0.15) is 17.9 Å². The summed E-state index contributed by atoms with van der Waals surface area (Å²) < 4.78 is 12.0. The van der Waals surface area contributed by atoms with E-state index in [1.54, 1.807) is 4.90 Å². The Labute approximate surface area is 278 Å². The molecule has 3 aromatic rings. The zero-order valence-electron chi connectivity index (χ0n) is 27.7. The molecule has 0 unspecified atom stereocenters. The molecule has 0 radical (unpaired) electrons. The summed E-state index contributed by atoms with van der Waals surface area (Å²) in [7, 11) is 1.92. The van der Waals surface area contributed by atoms with Crippen LogP contribution in [0.4, 0.5) is 5.69 Å². The standard InChI is InChI=1S/C38H46N4O5/c1-38(2,30-16-9-5-10-17-30)47-36(45)27-42-26-29-25-32(46-23-13-20-35(44)41(3)31-18-11-6-12-19-31)21-22-33(29)39-37(42)40-34(43)24-28-14-7-4-8-15-28/h4-5,7-10,14-17,21-22,25,31H,6,11-13,18-20,23-24,26-27H2,1-3H3,(H,39,40,43). The number of rotatable bonds is 12. The summed E-state index contributed by atoms with van der Waals surface area (Å²) in [5.74, 6) is 0.450. The molecule has 3 aromatic carbocycles. The van der Waals surface area contributed by atoms with Crippen molar-refractivity contribution in [2.24, 2.45) is 4.99 Å². The minimum absolute atomic E-state index is 0.109. The van der Waals surface area contributed by atoms with Crippen LogP contribution in [0.1, 0.15) is 75.5 Å². The normalized spacial score (nSPS) is 14.9. The van der Waals surface area contributed by atoms with Gasteiger partial charge in [-0.2, -0.15) is 0 Å². The number of guanidine groups is 1. The minimum atomic E-state index is -0.840. The highest BCUT2D eigenvalue weighted by molar-refractivity contribution is 6.00. The molecular formula is C38H46N4O5. The first-order valence-corrected chi connectivity index (χ1v) is 16.6. The smallest absolute Gasteiger partial charge is 0.326 e. The zero-order chi connectivity index (χ0) is 33.2. The molecule has 2 amide bonds. The van der Waals surface area contributed by atoms with Gasteiger partial charge in [-0.3, -0.25) is 19.7 Å². The van der Waals surface area contributed by atoms with Crippen molar-refractivity contribution in [3.05, 3.63) is 95.6 Å².